The Labute approximate surface area is 167 Å². The van der Waals surface area contributed by atoms with Crippen LogP contribution in [0.15, 0.2) is 48.9 Å². The van der Waals surface area contributed by atoms with Gasteiger partial charge in [-0.05, 0) is 37.6 Å². The number of aromatic nitrogens is 2. The van der Waals surface area contributed by atoms with Gasteiger partial charge in [0.1, 0.15) is 23.5 Å². The number of anilines is 3. The first kappa shape index (κ1) is 17.6. The van der Waals surface area contributed by atoms with Crippen LogP contribution in [0, 0.1) is 5.82 Å². The first-order chi connectivity index (χ1) is 14.1. The molecule has 1 saturated heterocycles. The molecular formula is C22H19FN4O2. The Morgan fingerprint density at radius 1 is 1.24 bits per heavy atom. The molecule has 0 aliphatic carbocycles. The third-order valence-electron chi connectivity index (χ3n) is 5.32. The molecule has 0 saturated carbocycles. The summed E-state index contributed by atoms with van der Waals surface area (Å²) < 4.78 is 21.0. The van der Waals surface area contributed by atoms with E-state index in [1.807, 2.05) is 25.1 Å². The van der Waals surface area contributed by atoms with Gasteiger partial charge in [-0.25, -0.2) is 9.37 Å². The smallest absolute Gasteiger partial charge is 0.227 e. The monoisotopic (exact) mass is 390 g/mol. The van der Waals surface area contributed by atoms with Gasteiger partial charge in [-0.3, -0.25) is 9.78 Å². The molecule has 1 amide bonds. The van der Waals surface area contributed by atoms with E-state index in [-0.39, 0.29) is 17.7 Å². The number of halogens is 1. The number of hydrogen-bond acceptors (Lipinski definition) is 5. The lowest BCUT2D eigenvalue weighted by Gasteiger charge is -2.28. The molecule has 1 N–H and O–H groups in total. The quantitative estimate of drug-likeness (QED) is 0.708. The summed E-state index contributed by atoms with van der Waals surface area (Å²) in [5, 5.41) is 3.21. The van der Waals surface area contributed by atoms with Crippen LogP contribution in [0.2, 0.25) is 0 Å². The number of rotatable bonds is 3. The molecule has 2 aromatic heterocycles. The average Bonchev–Trinajstić information content (AvgIpc) is 3.15. The molecular weight excluding hydrogens is 371 g/mol. The molecule has 1 unspecified atom stereocenters. The van der Waals surface area contributed by atoms with E-state index < -0.39 is 5.82 Å². The highest BCUT2D eigenvalue weighted by atomic mass is 19.1. The number of ether oxygens (including phenoxy) is 1. The van der Waals surface area contributed by atoms with Crippen LogP contribution in [0.4, 0.5) is 21.6 Å². The largest absolute Gasteiger partial charge is 0.485 e. The highest BCUT2D eigenvalue weighted by Gasteiger charge is 2.29. The standard InChI is InChI=1S/C22H19FN4O2/c1-13-15-9-21(26-14-4-2-6-24-11-14)25-12-17(15)16-8-18(23)19(10-20(16)29-13)27-7-3-5-22(27)28/h2,4,6,8-13H,3,5,7H2,1H3,(H,25,26). The van der Waals surface area contributed by atoms with Crippen LogP contribution in [0.5, 0.6) is 5.75 Å². The van der Waals surface area contributed by atoms with Crippen molar-refractivity contribution >= 4 is 23.1 Å². The molecule has 0 spiro atoms. The summed E-state index contributed by atoms with van der Waals surface area (Å²) in [6, 6.07) is 8.73. The second kappa shape index (κ2) is 6.84. The van der Waals surface area contributed by atoms with Gasteiger partial charge in [0.05, 0.1) is 17.6 Å². The highest BCUT2D eigenvalue weighted by Crippen LogP contribution is 2.45. The molecule has 29 heavy (non-hydrogen) atoms. The van der Waals surface area contributed by atoms with E-state index in [1.165, 1.54) is 11.0 Å². The van der Waals surface area contributed by atoms with Crippen molar-refractivity contribution in [2.75, 3.05) is 16.8 Å². The zero-order valence-corrected chi connectivity index (χ0v) is 15.9. The van der Waals surface area contributed by atoms with Gasteiger partial charge in [-0.1, -0.05) is 0 Å². The van der Waals surface area contributed by atoms with Crippen LogP contribution in [-0.4, -0.2) is 22.4 Å². The summed E-state index contributed by atoms with van der Waals surface area (Å²) in [7, 11) is 0. The van der Waals surface area contributed by atoms with E-state index in [4.69, 9.17) is 4.74 Å². The van der Waals surface area contributed by atoms with Crippen molar-refractivity contribution < 1.29 is 13.9 Å². The van der Waals surface area contributed by atoms with Crippen LogP contribution in [-0.2, 0) is 4.79 Å². The van der Waals surface area contributed by atoms with E-state index >= 15 is 0 Å². The lowest BCUT2D eigenvalue weighted by atomic mass is 9.94. The average molecular weight is 390 g/mol. The summed E-state index contributed by atoms with van der Waals surface area (Å²) in [5.41, 5.74) is 3.50. The van der Waals surface area contributed by atoms with Gasteiger partial charge >= 0.3 is 0 Å². The maximum Gasteiger partial charge on any atom is 0.227 e. The van der Waals surface area contributed by atoms with Gasteiger partial charge in [0, 0.05) is 48.1 Å². The normalized spacial score (nSPS) is 17.5. The zero-order chi connectivity index (χ0) is 20.0. The molecule has 5 rings (SSSR count). The molecule has 3 aromatic rings. The molecule has 7 heteroatoms. The molecule has 2 aliphatic heterocycles. The van der Waals surface area contributed by atoms with Gasteiger partial charge in [0.15, 0.2) is 0 Å². The Morgan fingerprint density at radius 2 is 2.14 bits per heavy atom. The summed E-state index contributed by atoms with van der Waals surface area (Å²) in [6.07, 6.45) is 6.11. The third kappa shape index (κ3) is 3.08. The topological polar surface area (TPSA) is 67.3 Å². The predicted octanol–water partition coefficient (Wildman–Crippen LogP) is 4.61. The summed E-state index contributed by atoms with van der Waals surface area (Å²) in [5.74, 6) is 0.743. The Morgan fingerprint density at radius 3 is 2.90 bits per heavy atom. The zero-order valence-electron chi connectivity index (χ0n) is 15.9. The maximum atomic E-state index is 14.9. The number of pyridine rings is 2. The minimum absolute atomic E-state index is 0.0547. The van der Waals surface area contributed by atoms with Gasteiger partial charge in [0.25, 0.3) is 0 Å². The predicted molar refractivity (Wildman–Crippen MR) is 108 cm³/mol. The Bertz CT molecular complexity index is 1100. The molecule has 6 nitrogen and oxygen atoms in total. The van der Waals surface area contributed by atoms with E-state index in [2.05, 4.69) is 15.3 Å². The van der Waals surface area contributed by atoms with E-state index in [0.29, 0.717) is 30.1 Å². The minimum Gasteiger partial charge on any atom is -0.485 e. The molecule has 1 fully saturated rings. The number of nitrogens with zero attached hydrogens (tertiary/aromatic N) is 3. The van der Waals surface area contributed by atoms with Crippen molar-refractivity contribution in [3.63, 3.8) is 0 Å². The third-order valence-corrected chi connectivity index (χ3v) is 5.32. The van der Waals surface area contributed by atoms with E-state index in [9.17, 15) is 9.18 Å². The van der Waals surface area contributed by atoms with Crippen LogP contribution < -0.4 is 15.0 Å². The number of hydrogen-bond donors (Lipinski definition) is 1. The number of benzene rings is 1. The fraction of sp³-hybridized carbons (Fsp3) is 0.227. The Hall–Kier alpha value is -3.48. The van der Waals surface area contributed by atoms with E-state index in [0.717, 1.165) is 23.2 Å². The first-order valence-corrected chi connectivity index (χ1v) is 9.58. The van der Waals surface area contributed by atoms with Crippen molar-refractivity contribution in [1.82, 2.24) is 9.97 Å². The molecule has 146 valence electrons. The SMILES string of the molecule is CC1Oc2cc(N3CCCC3=O)c(F)cc2-c2cnc(Nc3cccnc3)cc21. The second-order valence-electron chi connectivity index (χ2n) is 7.23. The molecule has 2 aliphatic rings. The van der Waals surface area contributed by atoms with Gasteiger partial charge in [-0.15, -0.1) is 0 Å². The number of fused-ring (bicyclic) bond motifs is 3. The molecule has 4 heterocycles. The number of carbonyl (C=O) groups is 1. The van der Waals surface area contributed by atoms with Crippen molar-refractivity contribution in [2.24, 2.45) is 0 Å². The van der Waals surface area contributed by atoms with Crippen LogP contribution in [0.1, 0.15) is 31.4 Å². The van der Waals surface area contributed by atoms with E-state index in [1.54, 1.807) is 24.7 Å². The number of carbonyl (C=O) groups excluding carboxylic acids is 1. The number of amides is 1. The number of nitrogens with one attached hydrogen (secondary N) is 1. The molecule has 1 aromatic carbocycles. The maximum absolute atomic E-state index is 14.9. The van der Waals surface area contributed by atoms with Gasteiger partial charge in [-0.2, -0.15) is 0 Å². The van der Waals surface area contributed by atoms with Crippen molar-refractivity contribution in [1.29, 1.82) is 0 Å². The van der Waals surface area contributed by atoms with Crippen LogP contribution in [0.25, 0.3) is 11.1 Å². The van der Waals surface area contributed by atoms with Crippen molar-refractivity contribution in [3.05, 3.63) is 60.3 Å². The highest BCUT2D eigenvalue weighted by molar-refractivity contribution is 5.96. The molecule has 1 atom stereocenters. The van der Waals surface area contributed by atoms with Gasteiger partial charge < -0.3 is 15.0 Å². The fourth-order valence-electron chi connectivity index (χ4n) is 3.90. The summed E-state index contributed by atoms with van der Waals surface area (Å²) >= 11 is 0. The summed E-state index contributed by atoms with van der Waals surface area (Å²) in [4.78, 5) is 22.1. The first-order valence-electron chi connectivity index (χ1n) is 9.58. The lowest BCUT2D eigenvalue weighted by molar-refractivity contribution is -0.117. The Kier molecular flexibility index (Phi) is 4.16. The molecule has 0 radical (unpaired) electrons. The Balaban J connectivity index is 1.53. The van der Waals surface area contributed by atoms with Crippen molar-refractivity contribution in [3.8, 4) is 16.9 Å². The minimum atomic E-state index is -0.430. The summed E-state index contributed by atoms with van der Waals surface area (Å²) in [6.45, 7) is 2.48. The second-order valence-corrected chi connectivity index (χ2v) is 7.23. The van der Waals surface area contributed by atoms with Crippen LogP contribution in [0.3, 0.4) is 0 Å². The van der Waals surface area contributed by atoms with Crippen LogP contribution >= 0.6 is 0 Å². The molecule has 0 bridgehead atoms. The lowest BCUT2D eigenvalue weighted by Crippen LogP contribution is -2.25. The van der Waals surface area contributed by atoms with Crippen molar-refractivity contribution in [2.45, 2.75) is 25.9 Å². The fourth-order valence-corrected chi connectivity index (χ4v) is 3.90. The van der Waals surface area contributed by atoms with Gasteiger partial charge in [0.2, 0.25) is 5.91 Å².